The minimum atomic E-state index is -0.436. The number of phenols is 1. The molecule has 2 aromatic carbocycles. The molecule has 2 N–H and O–H groups in total. The zero-order valence-corrected chi connectivity index (χ0v) is 17.5. The Morgan fingerprint density at radius 2 is 2.10 bits per heavy atom. The number of fused-ring (bicyclic) bond motifs is 1. The number of carbonyl (C=O) groups is 1. The first-order valence-electron chi connectivity index (χ1n) is 10.3. The highest BCUT2D eigenvalue weighted by molar-refractivity contribution is 5.91. The number of para-hydroxylation sites is 1. The number of halogens is 1. The van der Waals surface area contributed by atoms with Crippen molar-refractivity contribution in [3.8, 4) is 17.1 Å². The Balaban J connectivity index is 1.63. The van der Waals surface area contributed by atoms with Gasteiger partial charge in [0.05, 0.1) is 23.7 Å². The molecule has 1 saturated heterocycles. The zero-order chi connectivity index (χ0) is 22.0. The molecule has 0 spiro atoms. The Morgan fingerprint density at radius 3 is 2.87 bits per heavy atom. The number of benzene rings is 2. The van der Waals surface area contributed by atoms with Crippen molar-refractivity contribution in [1.29, 1.82) is 0 Å². The molecule has 0 radical (unpaired) electrons. The van der Waals surface area contributed by atoms with E-state index in [1.165, 1.54) is 12.1 Å². The first-order chi connectivity index (χ1) is 14.9. The smallest absolute Gasteiger partial charge is 0.407 e. The number of aromatic nitrogens is 2. The van der Waals surface area contributed by atoms with Crippen LogP contribution < -0.4 is 10.2 Å². The summed E-state index contributed by atoms with van der Waals surface area (Å²) in [6, 6.07) is 11.1. The molecular weight excluding hydrogens is 399 g/mol. The molecule has 1 fully saturated rings. The quantitative estimate of drug-likeness (QED) is 0.641. The summed E-state index contributed by atoms with van der Waals surface area (Å²) in [6.45, 7) is 5.47. The lowest BCUT2D eigenvalue weighted by Gasteiger charge is -2.21. The fourth-order valence-corrected chi connectivity index (χ4v) is 3.63. The Labute approximate surface area is 179 Å². The van der Waals surface area contributed by atoms with Crippen molar-refractivity contribution in [1.82, 2.24) is 15.3 Å². The predicted octanol–water partition coefficient (Wildman–Crippen LogP) is 4.10. The number of rotatable bonds is 5. The molecular formula is C23H25FN4O3. The Bertz CT molecular complexity index is 1110. The van der Waals surface area contributed by atoms with Crippen LogP contribution in [0.25, 0.3) is 22.3 Å². The van der Waals surface area contributed by atoms with E-state index in [0.29, 0.717) is 54.2 Å². The second-order valence-electron chi connectivity index (χ2n) is 8.12. The maximum absolute atomic E-state index is 14.0. The number of nitrogens with zero attached hydrogens (tertiary/aromatic N) is 3. The van der Waals surface area contributed by atoms with Crippen LogP contribution in [-0.4, -0.2) is 46.9 Å². The van der Waals surface area contributed by atoms with Crippen LogP contribution >= 0.6 is 0 Å². The molecule has 31 heavy (non-hydrogen) atoms. The third-order valence-corrected chi connectivity index (χ3v) is 5.14. The minimum Gasteiger partial charge on any atom is -0.507 e. The van der Waals surface area contributed by atoms with Gasteiger partial charge in [0.25, 0.3) is 0 Å². The first kappa shape index (κ1) is 20.8. The summed E-state index contributed by atoms with van der Waals surface area (Å²) in [5.74, 6) is 0.894. The maximum Gasteiger partial charge on any atom is 0.407 e. The van der Waals surface area contributed by atoms with Gasteiger partial charge < -0.3 is 20.1 Å². The summed E-state index contributed by atoms with van der Waals surface area (Å²) < 4.78 is 19.2. The molecule has 1 aromatic heterocycles. The van der Waals surface area contributed by atoms with Gasteiger partial charge >= 0.3 is 6.09 Å². The molecule has 0 bridgehead atoms. The van der Waals surface area contributed by atoms with Gasteiger partial charge in [0.1, 0.15) is 17.4 Å². The average molecular weight is 424 g/mol. The van der Waals surface area contributed by atoms with Crippen LogP contribution in [0.2, 0.25) is 0 Å². The third kappa shape index (κ3) is 4.68. The van der Waals surface area contributed by atoms with Crippen molar-refractivity contribution < 1.29 is 19.0 Å². The van der Waals surface area contributed by atoms with E-state index in [1.807, 2.05) is 18.7 Å². The fraction of sp³-hybridized carbons (Fsp3) is 0.348. The molecule has 4 rings (SSSR count). The highest BCUT2D eigenvalue weighted by Crippen LogP contribution is 2.33. The van der Waals surface area contributed by atoms with Crippen LogP contribution in [0, 0.1) is 11.7 Å². The van der Waals surface area contributed by atoms with Crippen molar-refractivity contribution in [2.45, 2.75) is 26.3 Å². The van der Waals surface area contributed by atoms with E-state index in [9.17, 15) is 14.3 Å². The SMILES string of the molecule is CC(C)COC(=O)N[C@@H]1CCN(c2nc(-c3ccccc3O)nc3ccc(F)cc23)C1. The van der Waals surface area contributed by atoms with Gasteiger partial charge in [-0.05, 0) is 42.7 Å². The summed E-state index contributed by atoms with van der Waals surface area (Å²) in [4.78, 5) is 23.2. The summed E-state index contributed by atoms with van der Waals surface area (Å²) in [6.07, 6.45) is 0.276. The van der Waals surface area contributed by atoms with Gasteiger partial charge in [-0.1, -0.05) is 26.0 Å². The lowest BCUT2D eigenvalue weighted by molar-refractivity contribution is 0.130. The van der Waals surface area contributed by atoms with Gasteiger partial charge in [-0.3, -0.25) is 0 Å². The van der Waals surface area contributed by atoms with E-state index in [4.69, 9.17) is 4.74 Å². The number of aromatic hydroxyl groups is 1. The summed E-state index contributed by atoms with van der Waals surface area (Å²) in [5.41, 5.74) is 1.08. The summed E-state index contributed by atoms with van der Waals surface area (Å²) in [5, 5.41) is 13.7. The molecule has 1 atom stereocenters. The third-order valence-electron chi connectivity index (χ3n) is 5.14. The molecule has 0 unspecified atom stereocenters. The molecule has 1 amide bonds. The molecule has 0 saturated carbocycles. The fourth-order valence-electron chi connectivity index (χ4n) is 3.63. The lowest BCUT2D eigenvalue weighted by Crippen LogP contribution is -2.38. The topological polar surface area (TPSA) is 87.6 Å². The van der Waals surface area contributed by atoms with E-state index in [0.717, 1.165) is 0 Å². The van der Waals surface area contributed by atoms with Crippen molar-refractivity contribution in [2.24, 2.45) is 5.92 Å². The number of phenolic OH excluding ortho intramolecular Hbond substituents is 1. The number of amides is 1. The van der Waals surface area contributed by atoms with Crippen LogP contribution in [0.4, 0.5) is 15.0 Å². The molecule has 162 valence electrons. The van der Waals surface area contributed by atoms with Gasteiger partial charge in [-0.2, -0.15) is 0 Å². The summed E-state index contributed by atoms with van der Waals surface area (Å²) >= 11 is 0. The molecule has 3 aromatic rings. The van der Waals surface area contributed by atoms with Crippen LogP contribution in [0.1, 0.15) is 20.3 Å². The van der Waals surface area contributed by atoms with Crippen LogP contribution in [0.5, 0.6) is 5.75 Å². The highest BCUT2D eigenvalue weighted by atomic mass is 19.1. The molecule has 1 aliphatic rings. The van der Waals surface area contributed by atoms with Crippen molar-refractivity contribution in [3.63, 3.8) is 0 Å². The number of hydrogen-bond acceptors (Lipinski definition) is 6. The van der Waals surface area contributed by atoms with Crippen LogP contribution in [0.15, 0.2) is 42.5 Å². The second kappa shape index (κ2) is 8.75. The van der Waals surface area contributed by atoms with E-state index >= 15 is 0 Å². The standard InChI is InChI=1S/C23H25FN4O3/c1-14(2)13-31-23(30)25-16-9-10-28(12-16)22-18-11-15(24)7-8-19(18)26-21(27-22)17-5-3-4-6-20(17)29/h3-8,11,14,16,29H,9-10,12-13H2,1-2H3,(H,25,30)/t16-/m1/s1. The molecule has 7 nitrogen and oxygen atoms in total. The normalized spacial score (nSPS) is 16.1. The van der Waals surface area contributed by atoms with Gasteiger partial charge in [-0.15, -0.1) is 0 Å². The van der Waals surface area contributed by atoms with Crippen molar-refractivity contribution in [2.75, 3.05) is 24.6 Å². The van der Waals surface area contributed by atoms with Crippen molar-refractivity contribution >= 4 is 22.8 Å². The maximum atomic E-state index is 14.0. The Hall–Kier alpha value is -3.42. The largest absolute Gasteiger partial charge is 0.507 e. The first-order valence-corrected chi connectivity index (χ1v) is 10.3. The number of ether oxygens (including phenoxy) is 1. The monoisotopic (exact) mass is 424 g/mol. The zero-order valence-electron chi connectivity index (χ0n) is 17.5. The minimum absolute atomic E-state index is 0.0729. The van der Waals surface area contributed by atoms with Crippen LogP contribution in [-0.2, 0) is 4.74 Å². The van der Waals surface area contributed by atoms with Gasteiger partial charge in [0.2, 0.25) is 0 Å². The molecule has 2 heterocycles. The highest BCUT2D eigenvalue weighted by Gasteiger charge is 2.27. The van der Waals surface area contributed by atoms with Crippen molar-refractivity contribution in [3.05, 3.63) is 48.3 Å². The van der Waals surface area contributed by atoms with Crippen LogP contribution in [0.3, 0.4) is 0 Å². The predicted molar refractivity (Wildman–Crippen MR) is 117 cm³/mol. The van der Waals surface area contributed by atoms with Gasteiger partial charge in [-0.25, -0.2) is 19.2 Å². The molecule has 1 aliphatic heterocycles. The number of alkyl carbamates (subject to hydrolysis) is 1. The number of carbonyl (C=O) groups excluding carboxylic acids is 1. The average Bonchev–Trinajstić information content (AvgIpc) is 3.20. The van der Waals surface area contributed by atoms with E-state index < -0.39 is 6.09 Å². The number of nitrogens with one attached hydrogen (secondary N) is 1. The Kier molecular flexibility index (Phi) is 5.88. The number of anilines is 1. The second-order valence-corrected chi connectivity index (χ2v) is 8.12. The van der Waals surface area contributed by atoms with Gasteiger partial charge in [0, 0.05) is 18.5 Å². The van der Waals surface area contributed by atoms with E-state index in [1.54, 1.807) is 30.3 Å². The Morgan fingerprint density at radius 1 is 1.29 bits per heavy atom. The molecule has 8 heteroatoms. The number of hydrogen-bond donors (Lipinski definition) is 2. The van der Waals surface area contributed by atoms with Gasteiger partial charge in [0.15, 0.2) is 5.82 Å². The van der Waals surface area contributed by atoms with E-state index in [-0.39, 0.29) is 23.5 Å². The molecule has 0 aliphatic carbocycles. The summed E-state index contributed by atoms with van der Waals surface area (Å²) in [7, 11) is 0. The van der Waals surface area contributed by atoms with E-state index in [2.05, 4.69) is 15.3 Å². The lowest BCUT2D eigenvalue weighted by atomic mass is 10.1.